The van der Waals surface area contributed by atoms with Crippen LogP contribution in [0.4, 0.5) is 0 Å². The van der Waals surface area contributed by atoms with Gasteiger partial charge in [0.15, 0.2) is 5.78 Å². The zero-order valence-electron chi connectivity index (χ0n) is 18.6. The van der Waals surface area contributed by atoms with Gasteiger partial charge in [0.2, 0.25) is 0 Å². The number of aryl methyl sites for hydroxylation is 1. The van der Waals surface area contributed by atoms with Gasteiger partial charge in [-0.25, -0.2) is 0 Å². The first-order valence-corrected chi connectivity index (χ1v) is 11.5. The fraction of sp³-hybridized carbons (Fsp3) is 0.107. The van der Waals surface area contributed by atoms with Gasteiger partial charge >= 0.3 is 0 Å². The minimum Gasteiger partial charge on any atom is -0.321 e. The molecule has 5 rings (SSSR count). The molecule has 6 heteroatoms. The van der Waals surface area contributed by atoms with Crippen LogP contribution < -0.4 is 5.56 Å². The van der Waals surface area contributed by atoms with Gasteiger partial charge in [0.25, 0.3) is 5.56 Å². The van der Waals surface area contributed by atoms with Crippen molar-refractivity contribution in [1.29, 1.82) is 0 Å². The monoisotopic (exact) mass is 467 g/mol. The van der Waals surface area contributed by atoms with Crippen molar-refractivity contribution < 1.29 is 4.79 Å². The lowest BCUT2D eigenvalue weighted by molar-refractivity contribution is 0.104. The summed E-state index contributed by atoms with van der Waals surface area (Å²) in [5.41, 5.74) is 3.41. The van der Waals surface area contributed by atoms with Crippen LogP contribution in [0.1, 0.15) is 29.3 Å². The van der Waals surface area contributed by atoms with Gasteiger partial charge in [-0.1, -0.05) is 61.0 Å². The van der Waals surface area contributed by atoms with Crippen LogP contribution in [0.15, 0.2) is 83.8 Å². The Morgan fingerprint density at radius 1 is 1.09 bits per heavy atom. The maximum Gasteiger partial charge on any atom is 0.260 e. The number of nitrogens with one attached hydrogen (secondary N) is 1. The Labute approximate surface area is 201 Å². The van der Waals surface area contributed by atoms with Crippen molar-refractivity contribution in [1.82, 2.24) is 14.8 Å². The highest BCUT2D eigenvalue weighted by Gasteiger charge is 2.19. The number of rotatable bonds is 6. The maximum absolute atomic E-state index is 13.4. The minimum atomic E-state index is -0.431. The number of allylic oxidation sites excluding steroid dienone is 1. The molecule has 3 aromatic carbocycles. The SMILES string of the molecule is CCCn1cc2cc(/C=C/C(=O)c3c(-c4ccccc4)c4cc(Cl)ccc4[nH]c3=O)ccc2n1. The van der Waals surface area contributed by atoms with Crippen LogP contribution in [0, 0.1) is 0 Å². The van der Waals surface area contributed by atoms with E-state index in [4.69, 9.17) is 11.6 Å². The van der Waals surface area contributed by atoms with Crippen LogP contribution in [0.5, 0.6) is 0 Å². The number of carbonyl (C=O) groups is 1. The number of pyridine rings is 1. The van der Waals surface area contributed by atoms with E-state index >= 15 is 0 Å². The van der Waals surface area contributed by atoms with Crippen LogP contribution in [0.2, 0.25) is 5.02 Å². The zero-order valence-corrected chi connectivity index (χ0v) is 19.3. The summed E-state index contributed by atoms with van der Waals surface area (Å²) >= 11 is 6.26. The van der Waals surface area contributed by atoms with E-state index in [-0.39, 0.29) is 11.3 Å². The summed E-state index contributed by atoms with van der Waals surface area (Å²) in [6.45, 7) is 2.97. The Bertz CT molecular complexity index is 1610. The average molecular weight is 468 g/mol. The Morgan fingerprint density at radius 3 is 2.71 bits per heavy atom. The molecule has 0 unspecified atom stereocenters. The molecule has 0 aliphatic rings. The largest absolute Gasteiger partial charge is 0.321 e. The van der Waals surface area contributed by atoms with E-state index < -0.39 is 5.56 Å². The molecule has 0 aliphatic heterocycles. The Kier molecular flexibility index (Phi) is 5.86. The normalized spacial score (nSPS) is 11.6. The molecule has 0 saturated heterocycles. The molecule has 0 radical (unpaired) electrons. The number of H-pyrrole nitrogens is 1. The fourth-order valence-electron chi connectivity index (χ4n) is 4.20. The van der Waals surface area contributed by atoms with E-state index in [9.17, 15) is 9.59 Å². The molecule has 0 saturated carbocycles. The lowest BCUT2D eigenvalue weighted by Crippen LogP contribution is -2.18. The third-order valence-corrected chi connectivity index (χ3v) is 5.98. The number of aromatic nitrogens is 3. The van der Waals surface area contributed by atoms with Crippen LogP contribution in [0.25, 0.3) is 39.0 Å². The molecule has 168 valence electrons. The number of hydrogen-bond donors (Lipinski definition) is 1. The maximum atomic E-state index is 13.4. The molecule has 2 aromatic heterocycles. The highest BCUT2D eigenvalue weighted by molar-refractivity contribution is 6.31. The number of carbonyl (C=O) groups excluding carboxylic acids is 1. The summed E-state index contributed by atoms with van der Waals surface area (Å²) in [6, 6.07) is 20.5. The van der Waals surface area contributed by atoms with Crippen molar-refractivity contribution >= 4 is 45.3 Å². The second-order valence-corrected chi connectivity index (χ2v) is 8.60. The minimum absolute atomic E-state index is 0.0917. The van der Waals surface area contributed by atoms with E-state index in [1.807, 2.05) is 59.4 Å². The number of nitrogens with zero attached hydrogens (tertiary/aromatic N) is 2. The van der Waals surface area contributed by atoms with Gasteiger partial charge < -0.3 is 4.98 Å². The van der Waals surface area contributed by atoms with Crippen molar-refractivity contribution in [3.63, 3.8) is 0 Å². The van der Waals surface area contributed by atoms with E-state index in [0.717, 1.165) is 40.4 Å². The van der Waals surface area contributed by atoms with Crippen molar-refractivity contribution in [3.8, 4) is 11.1 Å². The topological polar surface area (TPSA) is 67.8 Å². The molecule has 5 aromatic rings. The van der Waals surface area contributed by atoms with Gasteiger partial charge in [-0.05, 0) is 54.0 Å². The predicted octanol–water partition coefficient (Wildman–Crippen LogP) is 6.50. The van der Waals surface area contributed by atoms with Gasteiger partial charge in [-0.15, -0.1) is 0 Å². The van der Waals surface area contributed by atoms with Crippen LogP contribution in [-0.4, -0.2) is 20.5 Å². The second kappa shape index (κ2) is 9.12. The second-order valence-electron chi connectivity index (χ2n) is 8.17. The molecule has 0 fully saturated rings. The first-order valence-electron chi connectivity index (χ1n) is 11.1. The third-order valence-electron chi connectivity index (χ3n) is 5.74. The molecule has 1 N–H and O–H groups in total. The fourth-order valence-corrected chi connectivity index (χ4v) is 4.38. The van der Waals surface area contributed by atoms with Gasteiger partial charge in [0, 0.05) is 39.6 Å². The predicted molar refractivity (Wildman–Crippen MR) is 138 cm³/mol. The molecule has 0 amide bonds. The number of aromatic amines is 1. The van der Waals surface area contributed by atoms with Crippen molar-refractivity contribution in [2.24, 2.45) is 0 Å². The molecule has 2 heterocycles. The van der Waals surface area contributed by atoms with Gasteiger partial charge in [-0.3, -0.25) is 14.3 Å². The summed E-state index contributed by atoms with van der Waals surface area (Å²) in [5, 5.41) is 6.81. The molecule has 5 nitrogen and oxygen atoms in total. The average Bonchev–Trinajstić information content (AvgIpc) is 3.24. The Balaban J connectivity index is 1.59. The van der Waals surface area contributed by atoms with Crippen molar-refractivity contribution in [2.45, 2.75) is 19.9 Å². The summed E-state index contributed by atoms with van der Waals surface area (Å²) < 4.78 is 1.93. The van der Waals surface area contributed by atoms with Gasteiger partial charge in [0.1, 0.15) is 0 Å². The first-order chi connectivity index (χ1) is 16.5. The number of ketones is 1. The van der Waals surface area contributed by atoms with E-state index in [1.54, 1.807) is 24.3 Å². The van der Waals surface area contributed by atoms with Crippen LogP contribution in [0.3, 0.4) is 0 Å². The number of fused-ring (bicyclic) bond motifs is 2. The van der Waals surface area contributed by atoms with E-state index in [1.165, 1.54) is 6.08 Å². The molecular formula is C28H22ClN3O2. The third kappa shape index (κ3) is 4.18. The molecule has 0 bridgehead atoms. The van der Waals surface area contributed by atoms with Crippen molar-refractivity contribution in [3.05, 3.63) is 106 Å². The summed E-state index contributed by atoms with van der Waals surface area (Å²) in [6.07, 6.45) is 6.19. The standard InChI is InChI=1S/C28H22ClN3O2/c1-2-14-32-17-20-15-18(8-11-23(20)31-32)9-13-25(33)27-26(19-6-4-3-5-7-19)22-16-21(29)10-12-24(22)30-28(27)34/h3-13,15-17H,2,14H2,1H3,(H,30,34)/b13-9+. The number of benzene rings is 3. The Hall–Kier alpha value is -3.96. The quantitative estimate of drug-likeness (QED) is 0.229. The highest BCUT2D eigenvalue weighted by atomic mass is 35.5. The summed E-state index contributed by atoms with van der Waals surface area (Å²) in [4.78, 5) is 29.2. The lowest BCUT2D eigenvalue weighted by Gasteiger charge is -2.11. The molecule has 34 heavy (non-hydrogen) atoms. The molecule has 0 aliphatic carbocycles. The molecular weight excluding hydrogens is 446 g/mol. The number of halogens is 1. The Morgan fingerprint density at radius 2 is 1.91 bits per heavy atom. The molecule has 0 spiro atoms. The molecule has 0 atom stereocenters. The lowest BCUT2D eigenvalue weighted by atomic mass is 9.94. The smallest absolute Gasteiger partial charge is 0.260 e. The van der Waals surface area contributed by atoms with Gasteiger partial charge in [0.05, 0.1) is 11.1 Å². The van der Waals surface area contributed by atoms with Crippen LogP contribution >= 0.6 is 11.6 Å². The zero-order chi connectivity index (χ0) is 23.7. The first kappa shape index (κ1) is 21.9. The highest BCUT2D eigenvalue weighted by Crippen LogP contribution is 2.31. The van der Waals surface area contributed by atoms with E-state index in [0.29, 0.717) is 16.1 Å². The number of hydrogen-bond acceptors (Lipinski definition) is 3. The van der Waals surface area contributed by atoms with E-state index in [2.05, 4.69) is 17.0 Å². The summed E-state index contributed by atoms with van der Waals surface area (Å²) in [7, 11) is 0. The summed E-state index contributed by atoms with van der Waals surface area (Å²) in [5.74, 6) is -0.372. The van der Waals surface area contributed by atoms with Crippen molar-refractivity contribution in [2.75, 3.05) is 0 Å². The van der Waals surface area contributed by atoms with Gasteiger partial charge in [-0.2, -0.15) is 5.10 Å². The van der Waals surface area contributed by atoms with Crippen LogP contribution in [-0.2, 0) is 6.54 Å².